The quantitative estimate of drug-likeness (QED) is 0.607. The minimum Gasteiger partial charge on any atom is -0.411 e. The zero-order valence-corrected chi connectivity index (χ0v) is 12.6. The highest BCUT2D eigenvalue weighted by Gasteiger charge is 2.59. The van der Waals surface area contributed by atoms with Gasteiger partial charge >= 0.3 is 0 Å². The van der Waals surface area contributed by atoms with Crippen LogP contribution in [0.5, 0.6) is 0 Å². The summed E-state index contributed by atoms with van der Waals surface area (Å²) in [6, 6.07) is 0. The summed E-state index contributed by atoms with van der Waals surface area (Å²) in [5.41, 5.74) is -0.668. The molecule has 0 aromatic rings. The molecule has 0 amide bonds. The number of unbranched alkanes of at least 4 members (excludes halogenated alkanes) is 1. The van der Waals surface area contributed by atoms with Crippen LogP contribution in [0, 0.1) is 0 Å². The predicted molar refractivity (Wildman–Crippen MR) is 72.9 cm³/mol. The summed E-state index contributed by atoms with van der Waals surface area (Å²) in [4.78, 5) is 0. The number of hydrogen-bond donors (Lipinski definition) is 2. The minimum atomic E-state index is -1.08. The third-order valence-electron chi connectivity index (χ3n) is 4.12. The molecule has 6 nitrogen and oxygen atoms in total. The van der Waals surface area contributed by atoms with E-state index in [-0.39, 0.29) is 6.42 Å². The van der Waals surface area contributed by atoms with Gasteiger partial charge in [-0.1, -0.05) is 24.9 Å². The van der Waals surface area contributed by atoms with E-state index in [0.29, 0.717) is 12.1 Å². The number of ether oxygens (including phenoxy) is 3. The highest BCUT2D eigenvalue weighted by molar-refractivity contribution is 5.91. The van der Waals surface area contributed by atoms with Gasteiger partial charge < -0.3 is 24.5 Å². The lowest BCUT2D eigenvalue weighted by Gasteiger charge is -2.42. The first-order chi connectivity index (χ1) is 9.37. The van der Waals surface area contributed by atoms with Gasteiger partial charge in [-0.05, 0) is 20.3 Å². The van der Waals surface area contributed by atoms with Gasteiger partial charge in [0.15, 0.2) is 5.79 Å². The largest absolute Gasteiger partial charge is 0.411 e. The molecule has 0 spiro atoms. The number of fused-ring (bicyclic) bond motifs is 1. The number of oxime groups is 1. The molecule has 2 rings (SSSR count). The van der Waals surface area contributed by atoms with Gasteiger partial charge in [-0.15, -0.1) is 0 Å². The van der Waals surface area contributed by atoms with Gasteiger partial charge in [-0.25, -0.2) is 0 Å². The third kappa shape index (κ3) is 2.70. The van der Waals surface area contributed by atoms with Crippen LogP contribution in [-0.4, -0.2) is 52.8 Å². The molecule has 1 saturated carbocycles. The predicted octanol–water partition coefficient (Wildman–Crippen LogP) is 1.68. The normalized spacial score (nSPS) is 41.9. The number of hydrogen-bond acceptors (Lipinski definition) is 6. The molecule has 1 aliphatic carbocycles. The van der Waals surface area contributed by atoms with Crippen LogP contribution in [0.2, 0.25) is 0 Å². The maximum absolute atomic E-state index is 11.0. The molecule has 2 N–H and O–H groups in total. The fourth-order valence-electron chi connectivity index (χ4n) is 3.21. The number of nitrogens with zero attached hydrogens (tertiary/aromatic N) is 1. The van der Waals surface area contributed by atoms with Crippen molar-refractivity contribution in [2.24, 2.45) is 5.16 Å². The van der Waals surface area contributed by atoms with E-state index in [2.05, 4.69) is 12.1 Å². The SMILES string of the molecule is CCCCC1(O)C/C(=N\O)C(OC)C2OC(C)(C)OC21. The summed E-state index contributed by atoms with van der Waals surface area (Å²) in [5.74, 6) is -0.781. The van der Waals surface area contributed by atoms with Gasteiger partial charge in [0.1, 0.15) is 18.3 Å². The molecule has 6 heteroatoms. The van der Waals surface area contributed by atoms with E-state index in [9.17, 15) is 10.3 Å². The molecular weight excluding hydrogens is 262 g/mol. The Labute approximate surface area is 119 Å². The van der Waals surface area contributed by atoms with Crippen LogP contribution in [0.25, 0.3) is 0 Å². The molecule has 1 aliphatic heterocycles. The maximum atomic E-state index is 11.0. The van der Waals surface area contributed by atoms with Gasteiger partial charge in [0, 0.05) is 13.5 Å². The Balaban J connectivity index is 2.31. The van der Waals surface area contributed by atoms with Gasteiger partial charge in [0.2, 0.25) is 0 Å². The average molecular weight is 287 g/mol. The van der Waals surface area contributed by atoms with Crippen molar-refractivity contribution in [3.63, 3.8) is 0 Å². The van der Waals surface area contributed by atoms with Crippen molar-refractivity contribution in [3.8, 4) is 0 Å². The molecule has 0 bridgehead atoms. The number of aliphatic hydroxyl groups is 1. The van der Waals surface area contributed by atoms with E-state index >= 15 is 0 Å². The first kappa shape index (κ1) is 15.7. The fraction of sp³-hybridized carbons (Fsp3) is 0.929. The second-order valence-electron chi connectivity index (χ2n) is 6.15. The van der Waals surface area contributed by atoms with E-state index in [0.717, 1.165) is 12.8 Å². The van der Waals surface area contributed by atoms with Crippen LogP contribution in [-0.2, 0) is 14.2 Å². The Morgan fingerprint density at radius 1 is 1.40 bits per heavy atom. The third-order valence-corrected chi connectivity index (χ3v) is 4.12. The van der Waals surface area contributed by atoms with Crippen molar-refractivity contribution in [1.82, 2.24) is 0 Å². The summed E-state index contributed by atoms with van der Waals surface area (Å²) >= 11 is 0. The Kier molecular flexibility index (Phi) is 4.39. The zero-order chi connectivity index (χ0) is 15.0. The molecular formula is C14H25NO5. The Morgan fingerprint density at radius 3 is 2.65 bits per heavy atom. The van der Waals surface area contributed by atoms with Crippen molar-refractivity contribution in [3.05, 3.63) is 0 Å². The molecule has 4 atom stereocenters. The molecule has 1 saturated heterocycles. The highest BCUT2D eigenvalue weighted by atomic mass is 16.8. The van der Waals surface area contributed by atoms with Crippen molar-refractivity contribution in [1.29, 1.82) is 0 Å². The van der Waals surface area contributed by atoms with Gasteiger partial charge in [-0.2, -0.15) is 0 Å². The first-order valence-corrected chi connectivity index (χ1v) is 7.18. The average Bonchev–Trinajstić information content (AvgIpc) is 2.73. The number of methoxy groups -OCH3 is 1. The summed E-state index contributed by atoms with van der Waals surface area (Å²) in [5, 5.41) is 23.5. The Hall–Kier alpha value is -0.690. The second kappa shape index (κ2) is 5.60. The van der Waals surface area contributed by atoms with E-state index < -0.39 is 29.7 Å². The zero-order valence-electron chi connectivity index (χ0n) is 12.6. The summed E-state index contributed by atoms with van der Waals surface area (Å²) in [6.45, 7) is 5.70. The molecule has 0 aromatic heterocycles. The van der Waals surface area contributed by atoms with Crippen molar-refractivity contribution in [2.45, 2.75) is 76.2 Å². The van der Waals surface area contributed by atoms with Gasteiger partial charge in [-0.3, -0.25) is 0 Å². The van der Waals surface area contributed by atoms with Crippen LogP contribution >= 0.6 is 0 Å². The van der Waals surface area contributed by atoms with E-state index in [4.69, 9.17) is 14.2 Å². The number of rotatable bonds is 4. The molecule has 116 valence electrons. The van der Waals surface area contributed by atoms with Crippen LogP contribution in [0.4, 0.5) is 0 Å². The lowest BCUT2D eigenvalue weighted by molar-refractivity contribution is -0.170. The molecule has 0 aromatic carbocycles. The Bertz CT molecular complexity index is 384. The molecule has 1 heterocycles. The van der Waals surface area contributed by atoms with Crippen LogP contribution in [0.3, 0.4) is 0 Å². The molecule has 4 unspecified atom stereocenters. The smallest absolute Gasteiger partial charge is 0.164 e. The summed E-state index contributed by atoms with van der Waals surface area (Å²) in [6.07, 6.45) is 1.25. The second-order valence-corrected chi connectivity index (χ2v) is 6.15. The lowest BCUT2D eigenvalue weighted by Crippen LogP contribution is -2.60. The monoisotopic (exact) mass is 287 g/mol. The van der Waals surface area contributed by atoms with Crippen molar-refractivity contribution < 1.29 is 24.5 Å². The minimum absolute atomic E-state index is 0.239. The van der Waals surface area contributed by atoms with E-state index in [1.807, 2.05) is 13.8 Å². The Morgan fingerprint density at radius 2 is 2.10 bits per heavy atom. The molecule has 2 fully saturated rings. The standard InChI is InChI=1S/C14H25NO5/c1-5-6-7-14(16)8-9(15-17)10(18-4)11-12(14)20-13(2,3)19-11/h10-12,16-17H,5-8H2,1-4H3/b15-9+. The van der Waals surface area contributed by atoms with E-state index in [1.54, 1.807) is 0 Å². The fourth-order valence-corrected chi connectivity index (χ4v) is 3.21. The van der Waals surface area contributed by atoms with Crippen LogP contribution in [0.1, 0.15) is 46.5 Å². The van der Waals surface area contributed by atoms with Gasteiger partial charge in [0.05, 0.1) is 11.3 Å². The van der Waals surface area contributed by atoms with E-state index in [1.165, 1.54) is 7.11 Å². The van der Waals surface area contributed by atoms with Crippen LogP contribution < -0.4 is 0 Å². The van der Waals surface area contributed by atoms with Crippen molar-refractivity contribution in [2.75, 3.05) is 7.11 Å². The molecule has 2 aliphatic rings. The topological polar surface area (TPSA) is 80.5 Å². The van der Waals surface area contributed by atoms with Crippen molar-refractivity contribution >= 4 is 5.71 Å². The highest BCUT2D eigenvalue weighted by Crippen LogP contribution is 2.44. The lowest BCUT2D eigenvalue weighted by atomic mass is 9.75. The van der Waals surface area contributed by atoms with Gasteiger partial charge in [0.25, 0.3) is 0 Å². The maximum Gasteiger partial charge on any atom is 0.164 e. The molecule has 0 radical (unpaired) electrons. The van der Waals surface area contributed by atoms with Crippen LogP contribution in [0.15, 0.2) is 5.16 Å². The summed E-state index contributed by atoms with van der Waals surface area (Å²) in [7, 11) is 1.54. The first-order valence-electron chi connectivity index (χ1n) is 7.18. The summed E-state index contributed by atoms with van der Waals surface area (Å²) < 4.78 is 17.2. The molecule has 20 heavy (non-hydrogen) atoms.